The SMILES string of the molecule is CCCCNC(=O)[C@H](NC(=O)[C@@H](CCCNC(N)=O)NC(=O)Oc1cccc2[nH]cc(CC[NH+](C)C)c12)C(C)C. The van der Waals surface area contributed by atoms with Gasteiger partial charge in [-0.2, -0.15) is 0 Å². The van der Waals surface area contributed by atoms with Crippen LogP contribution in [0.4, 0.5) is 9.59 Å². The van der Waals surface area contributed by atoms with Crippen LogP contribution in [0.1, 0.15) is 52.0 Å². The van der Waals surface area contributed by atoms with Gasteiger partial charge in [0.2, 0.25) is 11.8 Å². The van der Waals surface area contributed by atoms with Gasteiger partial charge < -0.3 is 41.6 Å². The molecule has 0 aliphatic rings. The summed E-state index contributed by atoms with van der Waals surface area (Å²) in [7, 11) is 4.14. The zero-order chi connectivity index (χ0) is 29.7. The first-order valence-electron chi connectivity index (χ1n) is 14.0. The zero-order valence-corrected chi connectivity index (χ0v) is 24.3. The van der Waals surface area contributed by atoms with Crippen molar-refractivity contribution in [1.29, 1.82) is 0 Å². The number of hydrogen-bond acceptors (Lipinski definition) is 5. The second-order valence-electron chi connectivity index (χ2n) is 10.6. The van der Waals surface area contributed by atoms with Crippen molar-refractivity contribution in [1.82, 2.24) is 26.3 Å². The van der Waals surface area contributed by atoms with Gasteiger partial charge in [0, 0.05) is 36.6 Å². The molecule has 2 atom stereocenters. The lowest BCUT2D eigenvalue weighted by atomic mass is 10.0. The summed E-state index contributed by atoms with van der Waals surface area (Å²) in [4.78, 5) is 54.7. The van der Waals surface area contributed by atoms with Crippen LogP contribution in [0.5, 0.6) is 5.75 Å². The van der Waals surface area contributed by atoms with E-state index >= 15 is 0 Å². The van der Waals surface area contributed by atoms with Gasteiger partial charge in [-0.3, -0.25) is 9.59 Å². The maximum Gasteiger partial charge on any atom is 0.413 e. The third-order valence-electron chi connectivity index (χ3n) is 6.50. The Balaban J connectivity index is 2.17. The van der Waals surface area contributed by atoms with E-state index in [1.165, 1.54) is 4.90 Å². The number of carbonyl (C=O) groups excluding carboxylic acids is 4. The molecule has 0 saturated carbocycles. The van der Waals surface area contributed by atoms with Crippen LogP contribution in [-0.2, 0) is 16.0 Å². The number of carbonyl (C=O) groups is 4. The van der Waals surface area contributed by atoms with Crippen molar-refractivity contribution in [3.05, 3.63) is 30.0 Å². The van der Waals surface area contributed by atoms with Crippen LogP contribution in [0.2, 0.25) is 0 Å². The minimum absolute atomic E-state index is 0.177. The Hall–Kier alpha value is -3.80. The predicted molar refractivity (Wildman–Crippen MR) is 154 cm³/mol. The number of H-pyrrole nitrogens is 1. The van der Waals surface area contributed by atoms with Crippen LogP contribution in [0.25, 0.3) is 10.9 Å². The fourth-order valence-corrected chi connectivity index (χ4v) is 4.23. The molecule has 12 nitrogen and oxygen atoms in total. The number of aromatic nitrogens is 1. The van der Waals surface area contributed by atoms with Gasteiger partial charge in [0.05, 0.1) is 20.6 Å². The van der Waals surface area contributed by atoms with Crippen molar-refractivity contribution in [3.63, 3.8) is 0 Å². The molecule has 0 radical (unpaired) electrons. The van der Waals surface area contributed by atoms with Gasteiger partial charge in [0.25, 0.3) is 0 Å². The number of aromatic amines is 1. The van der Waals surface area contributed by atoms with Gasteiger partial charge in [0.1, 0.15) is 17.8 Å². The summed E-state index contributed by atoms with van der Waals surface area (Å²) in [6, 6.07) is 2.95. The van der Waals surface area contributed by atoms with E-state index in [2.05, 4.69) is 40.3 Å². The summed E-state index contributed by atoms with van der Waals surface area (Å²) in [6.45, 7) is 7.34. The van der Waals surface area contributed by atoms with E-state index in [9.17, 15) is 19.2 Å². The van der Waals surface area contributed by atoms with Crippen LogP contribution >= 0.6 is 0 Å². The summed E-state index contributed by atoms with van der Waals surface area (Å²) in [5, 5.41) is 11.6. The highest BCUT2D eigenvalue weighted by Gasteiger charge is 2.29. The number of ether oxygens (including phenoxy) is 1. The molecule has 0 fully saturated rings. The quantitative estimate of drug-likeness (QED) is 0.150. The van der Waals surface area contributed by atoms with Gasteiger partial charge in [-0.1, -0.05) is 33.3 Å². The van der Waals surface area contributed by atoms with Crippen LogP contribution in [0.3, 0.4) is 0 Å². The molecule has 12 heteroatoms. The second-order valence-corrected chi connectivity index (χ2v) is 10.6. The minimum Gasteiger partial charge on any atom is -0.410 e. The first-order chi connectivity index (χ1) is 19.0. The van der Waals surface area contributed by atoms with Crippen molar-refractivity contribution in [2.75, 3.05) is 33.7 Å². The molecule has 1 heterocycles. The van der Waals surface area contributed by atoms with Gasteiger partial charge in [-0.25, -0.2) is 9.59 Å². The smallest absolute Gasteiger partial charge is 0.410 e. The molecule has 2 rings (SSSR count). The molecular weight excluding hydrogens is 514 g/mol. The Morgan fingerprint density at radius 3 is 2.40 bits per heavy atom. The molecule has 0 aliphatic heterocycles. The molecule has 0 aliphatic carbocycles. The first-order valence-corrected chi connectivity index (χ1v) is 14.0. The zero-order valence-electron chi connectivity index (χ0n) is 24.3. The van der Waals surface area contributed by atoms with E-state index in [0.717, 1.165) is 42.3 Å². The fraction of sp³-hybridized carbons (Fsp3) is 0.571. The average Bonchev–Trinajstić information content (AvgIpc) is 3.31. The lowest BCUT2D eigenvalue weighted by Crippen LogP contribution is -3.05. The number of rotatable bonds is 16. The molecule has 0 unspecified atom stereocenters. The Morgan fingerprint density at radius 1 is 1.02 bits per heavy atom. The maximum absolute atomic E-state index is 13.3. The number of hydrogen-bond donors (Lipinski definition) is 7. The van der Waals surface area contributed by atoms with Crippen molar-refractivity contribution in [3.8, 4) is 5.75 Å². The van der Waals surface area contributed by atoms with Crippen LogP contribution in [0, 0.1) is 5.92 Å². The van der Waals surface area contributed by atoms with E-state index in [1.807, 2.05) is 33.0 Å². The molecule has 40 heavy (non-hydrogen) atoms. The van der Waals surface area contributed by atoms with Gasteiger partial charge >= 0.3 is 12.1 Å². The van der Waals surface area contributed by atoms with E-state index in [4.69, 9.17) is 10.5 Å². The molecule has 0 spiro atoms. The number of likely N-dealkylation sites (N-methyl/N-ethyl adjacent to an activating group) is 1. The monoisotopic (exact) mass is 560 g/mol. The molecule has 8 N–H and O–H groups in total. The summed E-state index contributed by atoms with van der Waals surface area (Å²) in [5.41, 5.74) is 7.01. The fourth-order valence-electron chi connectivity index (χ4n) is 4.23. The summed E-state index contributed by atoms with van der Waals surface area (Å²) in [5.74, 6) is -0.595. The number of urea groups is 1. The highest BCUT2D eigenvalue weighted by Crippen LogP contribution is 2.29. The van der Waals surface area contributed by atoms with Gasteiger partial charge in [0.15, 0.2) is 0 Å². The molecule has 0 saturated heterocycles. The number of amides is 5. The third kappa shape index (κ3) is 10.4. The number of benzene rings is 1. The highest BCUT2D eigenvalue weighted by atomic mass is 16.6. The number of quaternary nitrogens is 1. The van der Waals surface area contributed by atoms with Crippen LogP contribution < -0.4 is 36.6 Å². The molecule has 1 aromatic heterocycles. The average molecular weight is 561 g/mol. The molecule has 0 bridgehead atoms. The van der Waals surface area contributed by atoms with E-state index < -0.39 is 30.1 Å². The van der Waals surface area contributed by atoms with E-state index in [-0.39, 0.29) is 24.8 Å². The standard InChI is InChI=1S/C28H45N7O5/c1-6-7-14-30-26(37)24(18(2)3)34-25(36)21(11-9-15-31-27(29)38)33-28(39)40-22-12-8-10-20-23(22)19(17-32-20)13-16-35(4)5/h8,10,12,17-18,21,24,32H,6-7,9,11,13-16H2,1-5H3,(H,30,37)(H,33,39)(H,34,36)(H3,29,31,38)/p+1/t21-,24-/m1/s1. The van der Waals surface area contributed by atoms with Gasteiger partial charge in [-0.05, 0) is 42.9 Å². The number of fused-ring (bicyclic) bond motifs is 1. The summed E-state index contributed by atoms with van der Waals surface area (Å²) >= 11 is 0. The van der Waals surface area contributed by atoms with Crippen molar-refractivity contribution >= 4 is 34.8 Å². The van der Waals surface area contributed by atoms with Crippen LogP contribution in [-0.4, -0.2) is 74.7 Å². The van der Waals surface area contributed by atoms with E-state index in [0.29, 0.717) is 18.7 Å². The van der Waals surface area contributed by atoms with Gasteiger partial charge in [-0.15, -0.1) is 0 Å². The minimum atomic E-state index is -1.01. The number of primary amides is 1. The molecule has 2 aromatic rings. The van der Waals surface area contributed by atoms with E-state index in [1.54, 1.807) is 12.1 Å². The van der Waals surface area contributed by atoms with Crippen molar-refractivity contribution < 1.29 is 28.8 Å². The maximum atomic E-state index is 13.3. The highest BCUT2D eigenvalue weighted by molar-refractivity contribution is 5.93. The lowest BCUT2D eigenvalue weighted by Gasteiger charge is -2.25. The summed E-state index contributed by atoms with van der Waals surface area (Å²) in [6.07, 6.45) is 4.22. The number of nitrogens with one attached hydrogen (secondary N) is 6. The Kier molecular flexibility index (Phi) is 13.2. The largest absolute Gasteiger partial charge is 0.413 e. The number of unbranched alkanes of at least 4 members (excludes halogenated alkanes) is 1. The second kappa shape index (κ2) is 16.3. The molecule has 1 aromatic carbocycles. The van der Waals surface area contributed by atoms with Crippen LogP contribution in [0.15, 0.2) is 24.4 Å². The third-order valence-corrected chi connectivity index (χ3v) is 6.50. The Morgan fingerprint density at radius 2 is 1.75 bits per heavy atom. The van der Waals surface area contributed by atoms with Crippen molar-refractivity contribution in [2.45, 2.75) is 65.0 Å². The summed E-state index contributed by atoms with van der Waals surface area (Å²) < 4.78 is 5.70. The Bertz CT molecular complexity index is 1130. The lowest BCUT2D eigenvalue weighted by molar-refractivity contribution is -0.858. The Labute approximate surface area is 236 Å². The molecular formula is C28H46N7O5+. The molecule has 5 amide bonds. The molecule has 222 valence electrons. The van der Waals surface area contributed by atoms with Crippen molar-refractivity contribution in [2.24, 2.45) is 11.7 Å². The topological polar surface area (TPSA) is 172 Å². The first kappa shape index (κ1) is 32.4. The predicted octanol–water partition coefficient (Wildman–Crippen LogP) is 0.818. The number of nitrogens with two attached hydrogens (primary N) is 1. The normalized spacial score (nSPS) is 12.7.